The number of ether oxygens (including phenoxy) is 2. The van der Waals surface area contributed by atoms with Gasteiger partial charge >= 0.3 is 17.5 Å². The summed E-state index contributed by atoms with van der Waals surface area (Å²) in [5.41, 5.74) is -2.83. The monoisotopic (exact) mass is 310 g/mol. The minimum absolute atomic E-state index is 0.278. The standard InChI is InChI=1S/C14H14O8/c1-21-12(18)14(20,13(19)22-2)11(17)6-4-8-3-5-9(15)10(16)7-8/h3-7,15-16,20H,1-2H3/b6-4+. The van der Waals surface area contributed by atoms with Crippen molar-refractivity contribution in [1.82, 2.24) is 0 Å². The van der Waals surface area contributed by atoms with Gasteiger partial charge in [0.25, 0.3) is 0 Å². The number of carbonyl (C=O) groups is 3. The first-order valence-corrected chi connectivity index (χ1v) is 5.91. The molecule has 1 aromatic carbocycles. The van der Waals surface area contributed by atoms with Gasteiger partial charge in [-0.25, -0.2) is 9.59 Å². The first-order valence-electron chi connectivity index (χ1n) is 5.91. The Balaban J connectivity index is 3.10. The Kier molecular flexibility index (Phi) is 5.25. The van der Waals surface area contributed by atoms with Crippen molar-refractivity contribution in [3.8, 4) is 11.5 Å². The number of methoxy groups -OCH3 is 2. The number of aromatic hydroxyl groups is 2. The molecule has 0 saturated heterocycles. The van der Waals surface area contributed by atoms with Crippen molar-refractivity contribution in [2.24, 2.45) is 0 Å². The van der Waals surface area contributed by atoms with Gasteiger partial charge in [0.15, 0.2) is 11.5 Å². The van der Waals surface area contributed by atoms with Crippen LogP contribution >= 0.6 is 0 Å². The zero-order valence-corrected chi connectivity index (χ0v) is 11.8. The average Bonchev–Trinajstić information content (AvgIpc) is 2.52. The first-order chi connectivity index (χ1) is 10.3. The van der Waals surface area contributed by atoms with Crippen LogP contribution in [0.1, 0.15) is 5.56 Å². The van der Waals surface area contributed by atoms with E-state index < -0.39 is 29.1 Å². The number of rotatable bonds is 5. The summed E-state index contributed by atoms with van der Waals surface area (Å²) in [6, 6.07) is 3.66. The molecule has 3 N–H and O–H groups in total. The van der Waals surface area contributed by atoms with Crippen LogP contribution in [0.3, 0.4) is 0 Å². The van der Waals surface area contributed by atoms with Crippen molar-refractivity contribution >= 4 is 23.8 Å². The van der Waals surface area contributed by atoms with E-state index in [1.807, 2.05) is 0 Å². The number of ketones is 1. The summed E-state index contributed by atoms with van der Waals surface area (Å²) >= 11 is 0. The maximum Gasteiger partial charge on any atom is 0.358 e. The summed E-state index contributed by atoms with van der Waals surface area (Å²) in [4.78, 5) is 34.9. The van der Waals surface area contributed by atoms with E-state index in [1.54, 1.807) is 0 Å². The number of hydrogen-bond donors (Lipinski definition) is 3. The summed E-state index contributed by atoms with van der Waals surface area (Å²) in [5.74, 6) is -5.03. The molecular formula is C14H14O8. The molecule has 0 unspecified atom stereocenters. The van der Waals surface area contributed by atoms with E-state index in [-0.39, 0.29) is 11.3 Å². The summed E-state index contributed by atoms with van der Waals surface area (Å²) in [5, 5.41) is 28.4. The number of carbonyl (C=O) groups excluding carboxylic acids is 3. The van der Waals surface area contributed by atoms with Crippen LogP contribution in [0, 0.1) is 0 Å². The molecule has 0 aliphatic heterocycles. The van der Waals surface area contributed by atoms with Gasteiger partial charge in [-0.05, 0) is 23.8 Å². The molecule has 8 heteroatoms. The number of phenolic OH excluding ortho intramolecular Hbond substituents is 2. The van der Waals surface area contributed by atoms with Gasteiger partial charge in [0.2, 0.25) is 5.78 Å². The molecule has 0 saturated carbocycles. The Bertz CT molecular complexity index is 616. The van der Waals surface area contributed by atoms with Crippen LogP contribution in [0.25, 0.3) is 6.08 Å². The van der Waals surface area contributed by atoms with Crippen molar-refractivity contribution < 1.29 is 39.2 Å². The average molecular weight is 310 g/mol. The van der Waals surface area contributed by atoms with Crippen LogP contribution in [0.15, 0.2) is 24.3 Å². The zero-order chi connectivity index (χ0) is 16.9. The second-order valence-corrected chi connectivity index (χ2v) is 4.14. The third-order valence-electron chi connectivity index (χ3n) is 2.74. The molecule has 0 aromatic heterocycles. The van der Waals surface area contributed by atoms with Crippen molar-refractivity contribution in [2.75, 3.05) is 14.2 Å². The third kappa shape index (κ3) is 3.23. The summed E-state index contributed by atoms with van der Waals surface area (Å²) in [7, 11) is 1.79. The fourth-order valence-electron chi connectivity index (χ4n) is 1.52. The molecule has 0 fully saturated rings. The minimum Gasteiger partial charge on any atom is -0.504 e. The second-order valence-electron chi connectivity index (χ2n) is 4.14. The normalized spacial score (nSPS) is 11.2. The minimum atomic E-state index is -3.11. The topological polar surface area (TPSA) is 130 Å². The Morgan fingerprint density at radius 3 is 2.05 bits per heavy atom. The van der Waals surface area contributed by atoms with E-state index in [0.29, 0.717) is 0 Å². The summed E-state index contributed by atoms with van der Waals surface area (Å²) in [6.45, 7) is 0. The van der Waals surface area contributed by atoms with Crippen LogP contribution in [-0.2, 0) is 23.9 Å². The fraction of sp³-hybridized carbons (Fsp3) is 0.214. The Labute approximate surface area is 125 Å². The van der Waals surface area contributed by atoms with Gasteiger partial charge < -0.3 is 24.8 Å². The van der Waals surface area contributed by atoms with E-state index in [4.69, 9.17) is 5.11 Å². The van der Waals surface area contributed by atoms with Crippen LogP contribution in [0.5, 0.6) is 11.5 Å². The van der Waals surface area contributed by atoms with Crippen molar-refractivity contribution in [3.63, 3.8) is 0 Å². The predicted molar refractivity (Wildman–Crippen MR) is 72.8 cm³/mol. The summed E-state index contributed by atoms with van der Waals surface area (Å²) < 4.78 is 8.46. The van der Waals surface area contributed by atoms with Crippen LogP contribution in [0.2, 0.25) is 0 Å². The lowest BCUT2D eigenvalue weighted by Gasteiger charge is -2.19. The highest BCUT2D eigenvalue weighted by Gasteiger charge is 2.52. The van der Waals surface area contributed by atoms with E-state index in [2.05, 4.69) is 9.47 Å². The highest BCUT2D eigenvalue weighted by Crippen LogP contribution is 2.25. The molecule has 0 amide bonds. The van der Waals surface area contributed by atoms with E-state index in [1.165, 1.54) is 12.1 Å². The van der Waals surface area contributed by atoms with Crippen molar-refractivity contribution in [1.29, 1.82) is 0 Å². The molecule has 0 atom stereocenters. The predicted octanol–water partition coefficient (Wildman–Crippen LogP) is -0.243. The van der Waals surface area contributed by atoms with Gasteiger partial charge in [0.05, 0.1) is 14.2 Å². The van der Waals surface area contributed by atoms with Gasteiger partial charge in [-0.2, -0.15) is 0 Å². The number of hydrogen-bond acceptors (Lipinski definition) is 8. The molecule has 0 aliphatic carbocycles. The van der Waals surface area contributed by atoms with Gasteiger partial charge in [-0.15, -0.1) is 0 Å². The number of aliphatic hydroxyl groups is 1. The highest BCUT2D eigenvalue weighted by molar-refractivity contribution is 6.27. The smallest absolute Gasteiger partial charge is 0.358 e. The van der Waals surface area contributed by atoms with Crippen LogP contribution in [-0.4, -0.2) is 52.9 Å². The van der Waals surface area contributed by atoms with Gasteiger partial charge in [-0.1, -0.05) is 12.1 Å². The third-order valence-corrected chi connectivity index (χ3v) is 2.74. The first kappa shape index (κ1) is 17.2. The number of esters is 2. The molecule has 0 aliphatic rings. The second kappa shape index (κ2) is 6.72. The van der Waals surface area contributed by atoms with Gasteiger partial charge in [0.1, 0.15) is 0 Å². The van der Waals surface area contributed by atoms with E-state index in [9.17, 15) is 24.6 Å². The maximum absolute atomic E-state index is 11.9. The van der Waals surface area contributed by atoms with Crippen molar-refractivity contribution in [2.45, 2.75) is 5.60 Å². The molecule has 0 bridgehead atoms. The SMILES string of the molecule is COC(=O)C(O)(C(=O)/C=C/c1ccc(O)c(O)c1)C(=O)OC. The molecule has 22 heavy (non-hydrogen) atoms. The highest BCUT2D eigenvalue weighted by atomic mass is 16.6. The molecule has 118 valence electrons. The molecule has 1 aromatic rings. The van der Waals surface area contributed by atoms with Crippen LogP contribution in [0.4, 0.5) is 0 Å². The number of benzene rings is 1. The lowest BCUT2D eigenvalue weighted by Crippen LogP contribution is -2.54. The van der Waals surface area contributed by atoms with E-state index in [0.717, 1.165) is 32.4 Å². The van der Waals surface area contributed by atoms with Gasteiger partial charge in [-0.3, -0.25) is 4.79 Å². The molecular weight excluding hydrogens is 296 g/mol. The molecule has 0 radical (unpaired) electrons. The molecule has 8 nitrogen and oxygen atoms in total. The van der Waals surface area contributed by atoms with Gasteiger partial charge in [0, 0.05) is 0 Å². The Hall–Kier alpha value is -2.87. The Morgan fingerprint density at radius 1 is 1.05 bits per heavy atom. The number of phenols is 2. The maximum atomic E-state index is 11.9. The fourth-order valence-corrected chi connectivity index (χ4v) is 1.52. The van der Waals surface area contributed by atoms with E-state index >= 15 is 0 Å². The largest absolute Gasteiger partial charge is 0.504 e. The molecule has 0 spiro atoms. The van der Waals surface area contributed by atoms with Crippen molar-refractivity contribution in [3.05, 3.63) is 29.8 Å². The lowest BCUT2D eigenvalue weighted by atomic mass is 9.97. The quantitative estimate of drug-likeness (QED) is 0.294. The lowest BCUT2D eigenvalue weighted by molar-refractivity contribution is -0.181. The summed E-state index contributed by atoms with van der Waals surface area (Å²) in [6.07, 6.45) is 1.87. The molecule has 1 rings (SSSR count). The zero-order valence-electron chi connectivity index (χ0n) is 11.8. The molecule has 0 heterocycles. The van der Waals surface area contributed by atoms with Crippen LogP contribution < -0.4 is 0 Å². The Morgan fingerprint density at radius 2 is 1.59 bits per heavy atom.